The van der Waals surface area contributed by atoms with E-state index < -0.39 is 11.9 Å². The average molecular weight is 343 g/mol. The Morgan fingerprint density at radius 1 is 1.45 bits per heavy atom. The van der Waals surface area contributed by atoms with Gasteiger partial charge in [0, 0.05) is 18.0 Å². The molecular formula is C13H15ClN4O3S. The fourth-order valence-electron chi connectivity index (χ4n) is 2.34. The van der Waals surface area contributed by atoms with E-state index in [0.717, 1.165) is 4.88 Å². The number of amides is 1. The van der Waals surface area contributed by atoms with Crippen molar-refractivity contribution in [3.63, 3.8) is 0 Å². The molecule has 0 aliphatic carbocycles. The van der Waals surface area contributed by atoms with E-state index in [1.54, 1.807) is 22.2 Å². The number of aromatic nitrogens is 3. The molecule has 2 aromatic rings. The van der Waals surface area contributed by atoms with Gasteiger partial charge in [0.25, 0.3) is 5.91 Å². The normalized spacial score (nSPS) is 17.3. The predicted molar refractivity (Wildman–Crippen MR) is 82.3 cm³/mol. The third-order valence-corrected chi connectivity index (χ3v) is 4.34. The molecule has 0 bridgehead atoms. The maximum atomic E-state index is 12.3. The predicted octanol–water partition coefficient (Wildman–Crippen LogP) is 1.36. The van der Waals surface area contributed by atoms with Crippen LogP contribution in [-0.2, 0) is 11.3 Å². The van der Waals surface area contributed by atoms with E-state index in [9.17, 15) is 9.59 Å². The second-order valence-electron chi connectivity index (χ2n) is 4.96. The lowest BCUT2D eigenvalue weighted by Gasteiger charge is -2.13. The highest BCUT2D eigenvalue weighted by Gasteiger charge is 2.32. The van der Waals surface area contributed by atoms with Gasteiger partial charge in [0.15, 0.2) is 5.69 Å². The Balaban J connectivity index is 0.00000176. The van der Waals surface area contributed by atoms with Crippen molar-refractivity contribution in [3.8, 4) is 0 Å². The zero-order valence-corrected chi connectivity index (χ0v) is 13.2. The zero-order chi connectivity index (χ0) is 14.8. The number of carbonyl (C=O) groups is 2. The third kappa shape index (κ3) is 3.45. The van der Waals surface area contributed by atoms with Crippen LogP contribution in [0, 0.1) is 5.92 Å². The van der Waals surface area contributed by atoms with Crippen molar-refractivity contribution in [2.75, 3.05) is 13.1 Å². The van der Waals surface area contributed by atoms with Crippen LogP contribution in [0.3, 0.4) is 0 Å². The summed E-state index contributed by atoms with van der Waals surface area (Å²) in [6, 6.07) is 3.95. The van der Waals surface area contributed by atoms with E-state index in [0.29, 0.717) is 19.5 Å². The van der Waals surface area contributed by atoms with E-state index >= 15 is 0 Å². The Hall–Kier alpha value is -1.93. The van der Waals surface area contributed by atoms with Crippen molar-refractivity contribution in [1.82, 2.24) is 19.9 Å². The summed E-state index contributed by atoms with van der Waals surface area (Å²) < 4.78 is 1.61. The lowest BCUT2D eigenvalue weighted by molar-refractivity contribution is -0.141. The Morgan fingerprint density at radius 2 is 2.27 bits per heavy atom. The molecule has 118 valence electrons. The summed E-state index contributed by atoms with van der Waals surface area (Å²) in [5.74, 6) is -1.59. The summed E-state index contributed by atoms with van der Waals surface area (Å²) in [4.78, 5) is 25.8. The molecule has 3 heterocycles. The first-order chi connectivity index (χ1) is 10.1. The molecule has 1 aliphatic rings. The van der Waals surface area contributed by atoms with Crippen molar-refractivity contribution in [2.24, 2.45) is 5.92 Å². The van der Waals surface area contributed by atoms with Crippen molar-refractivity contribution in [3.05, 3.63) is 34.3 Å². The number of carboxylic acid groups (broad SMARTS) is 1. The lowest BCUT2D eigenvalue weighted by Crippen LogP contribution is -2.30. The first kappa shape index (κ1) is 16.4. The molecule has 0 radical (unpaired) electrons. The second kappa shape index (κ2) is 6.89. The molecule has 0 saturated carbocycles. The largest absolute Gasteiger partial charge is 0.481 e. The van der Waals surface area contributed by atoms with Crippen molar-refractivity contribution in [2.45, 2.75) is 13.0 Å². The number of halogens is 1. The fraction of sp³-hybridized carbons (Fsp3) is 0.385. The number of rotatable bonds is 4. The third-order valence-electron chi connectivity index (χ3n) is 3.48. The van der Waals surface area contributed by atoms with Crippen molar-refractivity contribution < 1.29 is 14.7 Å². The number of likely N-dealkylation sites (tertiary alicyclic amines) is 1. The van der Waals surface area contributed by atoms with Crippen LogP contribution in [0.1, 0.15) is 21.8 Å². The van der Waals surface area contributed by atoms with Gasteiger partial charge in [-0.3, -0.25) is 9.59 Å². The Kier molecular flexibility index (Phi) is 5.15. The Labute approximate surface area is 137 Å². The molecule has 2 aromatic heterocycles. The lowest BCUT2D eigenvalue weighted by atomic mass is 10.1. The van der Waals surface area contributed by atoms with Crippen LogP contribution in [-0.4, -0.2) is 50.0 Å². The summed E-state index contributed by atoms with van der Waals surface area (Å²) in [6.45, 7) is 1.27. The zero-order valence-electron chi connectivity index (χ0n) is 11.6. The van der Waals surface area contributed by atoms with Crippen LogP contribution < -0.4 is 0 Å². The second-order valence-corrected chi connectivity index (χ2v) is 5.99. The minimum atomic E-state index is -0.855. The van der Waals surface area contributed by atoms with Crippen LogP contribution in [0.2, 0.25) is 0 Å². The topological polar surface area (TPSA) is 88.3 Å². The van der Waals surface area contributed by atoms with Crippen LogP contribution in [0.4, 0.5) is 0 Å². The first-order valence-corrected chi connectivity index (χ1v) is 7.46. The molecule has 1 N–H and O–H groups in total. The molecule has 1 unspecified atom stereocenters. The van der Waals surface area contributed by atoms with Gasteiger partial charge in [0.05, 0.1) is 18.7 Å². The van der Waals surface area contributed by atoms with Crippen LogP contribution in [0.25, 0.3) is 0 Å². The maximum absolute atomic E-state index is 12.3. The van der Waals surface area contributed by atoms with Crippen LogP contribution in [0.5, 0.6) is 0 Å². The number of carboxylic acids is 1. The van der Waals surface area contributed by atoms with E-state index in [2.05, 4.69) is 10.3 Å². The van der Waals surface area contributed by atoms with Gasteiger partial charge >= 0.3 is 5.97 Å². The van der Waals surface area contributed by atoms with E-state index in [1.807, 2.05) is 17.5 Å². The minimum absolute atomic E-state index is 0. The van der Waals surface area contributed by atoms with Crippen molar-refractivity contribution in [1.29, 1.82) is 0 Å². The molecule has 1 fully saturated rings. The molecule has 3 rings (SSSR count). The fourth-order valence-corrected chi connectivity index (χ4v) is 3.04. The maximum Gasteiger partial charge on any atom is 0.308 e. The molecule has 1 atom stereocenters. The van der Waals surface area contributed by atoms with Gasteiger partial charge in [0.2, 0.25) is 0 Å². The van der Waals surface area contributed by atoms with Gasteiger partial charge in [-0.15, -0.1) is 28.8 Å². The Morgan fingerprint density at radius 3 is 2.91 bits per heavy atom. The van der Waals surface area contributed by atoms with E-state index in [1.165, 1.54) is 4.90 Å². The summed E-state index contributed by atoms with van der Waals surface area (Å²) in [5, 5.41) is 18.8. The molecule has 7 nitrogen and oxygen atoms in total. The highest BCUT2D eigenvalue weighted by atomic mass is 35.5. The van der Waals surface area contributed by atoms with Gasteiger partial charge in [-0.2, -0.15) is 0 Å². The summed E-state index contributed by atoms with van der Waals surface area (Å²) in [6.07, 6.45) is 2.10. The average Bonchev–Trinajstić information content (AvgIpc) is 3.20. The smallest absolute Gasteiger partial charge is 0.308 e. The summed E-state index contributed by atoms with van der Waals surface area (Å²) in [5.41, 5.74) is 0.262. The summed E-state index contributed by atoms with van der Waals surface area (Å²) in [7, 11) is 0. The quantitative estimate of drug-likeness (QED) is 0.906. The van der Waals surface area contributed by atoms with Gasteiger partial charge in [-0.1, -0.05) is 11.3 Å². The molecule has 22 heavy (non-hydrogen) atoms. The molecule has 0 aromatic carbocycles. The van der Waals surface area contributed by atoms with Crippen LogP contribution in [0.15, 0.2) is 23.7 Å². The molecular weight excluding hydrogens is 328 g/mol. The molecule has 0 spiro atoms. The number of thiophene rings is 1. The first-order valence-electron chi connectivity index (χ1n) is 6.58. The van der Waals surface area contributed by atoms with Gasteiger partial charge < -0.3 is 10.0 Å². The molecule has 9 heteroatoms. The molecule has 1 saturated heterocycles. The van der Waals surface area contributed by atoms with Crippen LogP contribution >= 0.6 is 23.7 Å². The number of carbonyl (C=O) groups excluding carboxylic acids is 1. The van der Waals surface area contributed by atoms with E-state index in [4.69, 9.17) is 5.11 Å². The SMILES string of the molecule is Cl.O=C(O)C1CCN(C(=O)c2cn(Cc3cccs3)nn2)C1. The molecule has 1 aliphatic heterocycles. The van der Waals surface area contributed by atoms with Crippen molar-refractivity contribution >= 4 is 35.6 Å². The number of hydrogen-bond acceptors (Lipinski definition) is 5. The minimum Gasteiger partial charge on any atom is -0.481 e. The monoisotopic (exact) mass is 342 g/mol. The molecule has 1 amide bonds. The van der Waals surface area contributed by atoms with Gasteiger partial charge in [0.1, 0.15) is 0 Å². The number of aliphatic carboxylic acids is 1. The highest BCUT2D eigenvalue weighted by Crippen LogP contribution is 2.18. The number of hydrogen-bond donors (Lipinski definition) is 1. The highest BCUT2D eigenvalue weighted by molar-refractivity contribution is 7.09. The number of nitrogens with zero attached hydrogens (tertiary/aromatic N) is 4. The summed E-state index contributed by atoms with van der Waals surface area (Å²) >= 11 is 1.61. The van der Waals surface area contributed by atoms with E-state index in [-0.39, 0.29) is 30.6 Å². The Bertz CT molecular complexity index is 658. The standard InChI is InChI=1S/C13H14N4O3S.ClH/c18-12(16-4-3-9(6-16)13(19)20)11-8-17(15-14-11)7-10-2-1-5-21-10;/h1-2,5,8-9H,3-4,6-7H2,(H,19,20);1H. The van der Waals surface area contributed by atoms with Gasteiger partial charge in [-0.05, 0) is 17.9 Å². The van der Waals surface area contributed by atoms with Gasteiger partial charge in [-0.25, -0.2) is 4.68 Å².